The molecule has 164 valence electrons. The number of hydrogen-bond acceptors (Lipinski definition) is 5. The molecule has 1 heterocycles. The summed E-state index contributed by atoms with van der Waals surface area (Å²) >= 11 is 0. The fourth-order valence-electron chi connectivity index (χ4n) is 3.83. The normalized spacial score (nSPS) is 30.3. The summed E-state index contributed by atoms with van der Waals surface area (Å²) in [5.41, 5.74) is 0.415. The number of ether oxygens (including phenoxy) is 2. The van der Waals surface area contributed by atoms with Gasteiger partial charge in [0.1, 0.15) is 11.7 Å². The summed E-state index contributed by atoms with van der Waals surface area (Å²) in [6.07, 6.45) is 3.31. The van der Waals surface area contributed by atoms with Gasteiger partial charge < -0.3 is 13.9 Å². The van der Waals surface area contributed by atoms with Crippen LogP contribution in [0.3, 0.4) is 0 Å². The number of hydrogen-bond donors (Lipinski definition) is 0. The van der Waals surface area contributed by atoms with Crippen molar-refractivity contribution in [2.24, 2.45) is 23.7 Å². The van der Waals surface area contributed by atoms with Crippen LogP contribution in [-0.4, -0.2) is 38.6 Å². The predicted octanol–water partition coefficient (Wildman–Crippen LogP) is 4.89. The Morgan fingerprint density at radius 1 is 1.24 bits per heavy atom. The Kier molecular flexibility index (Phi) is 6.61. The Morgan fingerprint density at radius 3 is 2.31 bits per heavy atom. The van der Waals surface area contributed by atoms with Crippen molar-refractivity contribution in [2.45, 2.75) is 78.3 Å². The molecule has 0 radical (unpaired) electrons. The zero-order valence-electron chi connectivity index (χ0n) is 19.5. The molecule has 1 fully saturated rings. The molecule has 2 aliphatic rings. The van der Waals surface area contributed by atoms with Gasteiger partial charge in [0.15, 0.2) is 8.32 Å². The molecule has 0 unspecified atom stereocenters. The Labute approximate surface area is 177 Å². The average Bonchev–Trinajstić information content (AvgIpc) is 2.85. The maximum Gasteiger partial charge on any atom is 0.311 e. The van der Waals surface area contributed by atoms with E-state index in [4.69, 9.17) is 13.9 Å². The van der Waals surface area contributed by atoms with Crippen molar-refractivity contribution in [1.82, 2.24) is 0 Å². The van der Waals surface area contributed by atoms with Gasteiger partial charge in [0.05, 0.1) is 11.8 Å². The molecule has 0 N–H and O–H groups in total. The van der Waals surface area contributed by atoms with Crippen molar-refractivity contribution in [1.29, 1.82) is 0 Å². The second-order valence-corrected chi connectivity index (χ2v) is 15.7. The van der Waals surface area contributed by atoms with Crippen molar-refractivity contribution >= 4 is 20.3 Å². The van der Waals surface area contributed by atoms with Crippen LogP contribution in [0.2, 0.25) is 18.1 Å². The van der Waals surface area contributed by atoms with E-state index in [2.05, 4.69) is 46.5 Å². The summed E-state index contributed by atoms with van der Waals surface area (Å²) in [5.74, 6) is -2.30. The highest BCUT2D eigenvalue weighted by molar-refractivity contribution is 6.74. The monoisotopic (exact) mass is 422 g/mol. The lowest BCUT2D eigenvalue weighted by molar-refractivity contribution is -0.168. The zero-order valence-corrected chi connectivity index (χ0v) is 20.5. The first-order chi connectivity index (χ1) is 13.1. The van der Waals surface area contributed by atoms with Gasteiger partial charge in [0.2, 0.25) is 0 Å². The molecular formula is C23H38O5Si. The molecule has 0 saturated carbocycles. The van der Waals surface area contributed by atoms with Gasteiger partial charge in [-0.1, -0.05) is 45.1 Å². The number of esters is 2. The van der Waals surface area contributed by atoms with E-state index in [1.165, 1.54) is 0 Å². The van der Waals surface area contributed by atoms with Crippen LogP contribution in [0.4, 0.5) is 0 Å². The molecule has 5 nitrogen and oxygen atoms in total. The molecule has 1 aliphatic heterocycles. The summed E-state index contributed by atoms with van der Waals surface area (Å²) in [4.78, 5) is 26.0. The van der Waals surface area contributed by atoms with E-state index in [-0.39, 0.29) is 28.8 Å². The summed E-state index contributed by atoms with van der Waals surface area (Å²) in [7, 11) is -2.01. The molecule has 0 amide bonds. The molecule has 6 heteroatoms. The lowest BCUT2D eigenvalue weighted by atomic mass is 9.67. The van der Waals surface area contributed by atoms with Crippen molar-refractivity contribution in [3.8, 4) is 0 Å². The minimum absolute atomic E-state index is 0.0590. The van der Waals surface area contributed by atoms with Crippen LogP contribution in [0.25, 0.3) is 0 Å². The Morgan fingerprint density at radius 2 is 1.83 bits per heavy atom. The lowest BCUT2D eigenvalue weighted by Gasteiger charge is -2.41. The standard InChI is InChI=1S/C23H38O5Si/c1-11-17-15-12-14(2)16(13-26-29(9,10)23(6,7)8)19(18(15)20(24)27-17)21(25)28-22(3,4)5/h11-12,15-19H,1,13H2,2-10H3/t15-,16-,17-,18-,19-/m1/s1. The summed E-state index contributed by atoms with van der Waals surface area (Å²) in [6.45, 7) is 22.7. The van der Waals surface area contributed by atoms with Crippen molar-refractivity contribution < 1.29 is 23.5 Å². The third-order valence-corrected chi connectivity index (χ3v) is 11.0. The van der Waals surface area contributed by atoms with Crippen LogP contribution in [0.1, 0.15) is 48.5 Å². The fourth-order valence-corrected chi connectivity index (χ4v) is 4.86. The Bertz CT molecular complexity index is 695. The van der Waals surface area contributed by atoms with Crippen molar-refractivity contribution in [3.63, 3.8) is 0 Å². The van der Waals surface area contributed by atoms with Crippen LogP contribution in [0.15, 0.2) is 24.3 Å². The number of rotatable bonds is 5. The predicted molar refractivity (Wildman–Crippen MR) is 117 cm³/mol. The number of carbonyl (C=O) groups is 2. The summed E-state index contributed by atoms with van der Waals surface area (Å²) < 4.78 is 17.7. The SMILES string of the molecule is C=C[C@H]1OC(=O)[C@@H]2[C@@H]1C=C(C)[C@@H](CO[Si](C)(C)C(C)(C)C)[C@H]2C(=O)OC(C)(C)C. The van der Waals surface area contributed by atoms with Gasteiger partial charge in [-0.3, -0.25) is 9.59 Å². The maximum atomic E-state index is 13.2. The number of carbonyl (C=O) groups excluding carboxylic acids is 2. The van der Waals surface area contributed by atoms with Gasteiger partial charge in [0, 0.05) is 18.4 Å². The van der Waals surface area contributed by atoms with Gasteiger partial charge in [-0.25, -0.2) is 0 Å². The third-order valence-electron chi connectivity index (χ3n) is 6.52. The molecular weight excluding hydrogens is 384 g/mol. The van der Waals surface area contributed by atoms with Crippen LogP contribution in [-0.2, 0) is 23.5 Å². The van der Waals surface area contributed by atoms with E-state index in [1.54, 1.807) is 6.08 Å². The Balaban J connectivity index is 2.40. The third kappa shape index (κ3) is 5.02. The second-order valence-electron chi connectivity index (χ2n) is 10.9. The molecule has 5 atom stereocenters. The van der Waals surface area contributed by atoms with E-state index in [0.717, 1.165) is 5.57 Å². The maximum absolute atomic E-state index is 13.2. The first-order valence-corrected chi connectivity index (χ1v) is 13.4. The molecule has 29 heavy (non-hydrogen) atoms. The highest BCUT2D eigenvalue weighted by Gasteiger charge is 2.55. The molecule has 0 aromatic carbocycles. The van der Waals surface area contributed by atoms with Crippen LogP contribution in [0.5, 0.6) is 0 Å². The van der Waals surface area contributed by atoms with Crippen LogP contribution >= 0.6 is 0 Å². The quantitative estimate of drug-likeness (QED) is 0.359. The van der Waals surface area contributed by atoms with Crippen molar-refractivity contribution in [3.05, 3.63) is 24.3 Å². The van der Waals surface area contributed by atoms with E-state index in [1.807, 2.05) is 27.7 Å². The molecule has 0 aromatic rings. The fraction of sp³-hybridized carbons (Fsp3) is 0.739. The average molecular weight is 423 g/mol. The first-order valence-electron chi connectivity index (χ1n) is 10.5. The van der Waals surface area contributed by atoms with Gasteiger partial charge in [-0.05, 0) is 45.8 Å². The highest BCUT2D eigenvalue weighted by atomic mass is 28.4. The minimum atomic E-state index is -2.01. The highest BCUT2D eigenvalue weighted by Crippen LogP contribution is 2.47. The van der Waals surface area contributed by atoms with Gasteiger partial charge in [-0.15, -0.1) is 0 Å². The second kappa shape index (κ2) is 8.03. The van der Waals surface area contributed by atoms with Crippen molar-refractivity contribution in [2.75, 3.05) is 6.61 Å². The Hall–Kier alpha value is -1.40. The number of fused-ring (bicyclic) bond motifs is 1. The number of cyclic esters (lactones) is 1. The molecule has 1 aliphatic carbocycles. The van der Waals surface area contributed by atoms with Gasteiger partial charge in [-0.2, -0.15) is 0 Å². The largest absolute Gasteiger partial charge is 0.460 e. The topological polar surface area (TPSA) is 61.8 Å². The first kappa shape index (κ1) is 23.9. The van der Waals surface area contributed by atoms with Crippen LogP contribution in [0, 0.1) is 23.7 Å². The summed E-state index contributed by atoms with van der Waals surface area (Å²) in [6, 6.07) is 0. The molecule has 2 rings (SSSR count). The van der Waals surface area contributed by atoms with E-state index >= 15 is 0 Å². The lowest BCUT2D eigenvalue weighted by Crippen LogP contribution is -2.48. The van der Waals surface area contributed by atoms with Gasteiger partial charge >= 0.3 is 11.9 Å². The summed E-state index contributed by atoms with van der Waals surface area (Å²) in [5, 5.41) is 0.0590. The van der Waals surface area contributed by atoms with Gasteiger partial charge in [0.25, 0.3) is 0 Å². The van der Waals surface area contributed by atoms with E-state index in [0.29, 0.717) is 6.61 Å². The molecule has 0 spiro atoms. The van der Waals surface area contributed by atoms with Crippen LogP contribution < -0.4 is 0 Å². The molecule has 0 aromatic heterocycles. The van der Waals surface area contributed by atoms with E-state index < -0.39 is 31.9 Å². The molecule has 1 saturated heterocycles. The molecule has 0 bridgehead atoms. The zero-order chi connectivity index (χ0) is 22.4. The minimum Gasteiger partial charge on any atom is -0.460 e. The smallest absolute Gasteiger partial charge is 0.311 e. The van der Waals surface area contributed by atoms with E-state index in [9.17, 15) is 9.59 Å².